The normalized spacial score (nSPS) is 17.2. The lowest BCUT2D eigenvalue weighted by atomic mass is 10.0. The fraction of sp³-hybridized carbons (Fsp3) is 0.500. The second kappa shape index (κ2) is 8.43. The van der Waals surface area contributed by atoms with Crippen molar-refractivity contribution in [1.82, 2.24) is 20.1 Å². The van der Waals surface area contributed by atoms with E-state index in [9.17, 15) is 9.59 Å². The maximum atomic E-state index is 12.7. The van der Waals surface area contributed by atoms with Gasteiger partial charge in [0.25, 0.3) is 5.91 Å². The third kappa shape index (κ3) is 4.08. The second-order valence-corrected chi connectivity index (χ2v) is 6.80. The Balaban J connectivity index is 1.65. The minimum absolute atomic E-state index is 0.142. The number of aromatic nitrogens is 1. The zero-order valence-corrected chi connectivity index (χ0v) is 16.2. The number of amides is 3. The molecule has 1 saturated heterocycles. The van der Waals surface area contributed by atoms with Gasteiger partial charge in [-0.15, -0.1) is 0 Å². The molecule has 1 aromatic heterocycles. The van der Waals surface area contributed by atoms with E-state index in [2.05, 4.69) is 29.0 Å². The lowest BCUT2D eigenvalue weighted by molar-refractivity contribution is -0.127. The van der Waals surface area contributed by atoms with Crippen LogP contribution in [-0.2, 0) is 11.2 Å². The van der Waals surface area contributed by atoms with Crippen LogP contribution in [0.2, 0.25) is 0 Å². The summed E-state index contributed by atoms with van der Waals surface area (Å²) in [6.07, 6.45) is 3.15. The summed E-state index contributed by atoms with van der Waals surface area (Å²) in [5.41, 5.74) is 1.98. The Kier molecular flexibility index (Phi) is 6.01. The van der Waals surface area contributed by atoms with Crippen LogP contribution in [0, 0.1) is 0 Å². The highest BCUT2D eigenvalue weighted by Crippen LogP contribution is 2.25. The van der Waals surface area contributed by atoms with Crippen LogP contribution in [0.25, 0.3) is 10.9 Å². The Morgan fingerprint density at radius 1 is 1.22 bits per heavy atom. The van der Waals surface area contributed by atoms with E-state index in [1.54, 1.807) is 7.11 Å². The molecule has 1 atom stereocenters. The number of benzene rings is 1. The number of ether oxygens (including phenoxy) is 1. The number of carbonyl (C=O) groups excluding carboxylic acids is 2. The topological polar surface area (TPSA) is 77.7 Å². The molecule has 0 bridgehead atoms. The quantitative estimate of drug-likeness (QED) is 0.663. The van der Waals surface area contributed by atoms with Gasteiger partial charge in [0.1, 0.15) is 11.8 Å². The molecule has 1 fully saturated rings. The fourth-order valence-electron chi connectivity index (χ4n) is 3.59. The monoisotopic (exact) mass is 372 g/mol. The molecule has 7 heteroatoms. The summed E-state index contributed by atoms with van der Waals surface area (Å²) in [5, 5.41) is 3.84. The number of rotatable bonds is 9. The first-order chi connectivity index (χ1) is 13.1. The summed E-state index contributed by atoms with van der Waals surface area (Å²) in [6.45, 7) is 7.52. The largest absolute Gasteiger partial charge is 0.497 e. The highest BCUT2D eigenvalue weighted by atomic mass is 16.5. The maximum Gasteiger partial charge on any atom is 0.324 e. The number of nitrogens with zero attached hydrogens (tertiary/aromatic N) is 2. The predicted molar refractivity (Wildman–Crippen MR) is 105 cm³/mol. The maximum absolute atomic E-state index is 12.7. The van der Waals surface area contributed by atoms with Crippen LogP contribution in [0.4, 0.5) is 4.79 Å². The summed E-state index contributed by atoms with van der Waals surface area (Å²) in [5.74, 6) is 0.625. The third-order valence-corrected chi connectivity index (χ3v) is 5.26. The van der Waals surface area contributed by atoms with Crippen molar-refractivity contribution in [2.75, 3.05) is 33.3 Å². The summed E-state index contributed by atoms with van der Waals surface area (Å²) >= 11 is 0. The van der Waals surface area contributed by atoms with E-state index in [1.807, 2.05) is 24.4 Å². The Hall–Kier alpha value is -2.54. The Morgan fingerprint density at radius 2 is 2.00 bits per heavy atom. The number of hydrogen-bond acceptors (Lipinski definition) is 4. The lowest BCUT2D eigenvalue weighted by Crippen LogP contribution is -2.35. The molecule has 2 aromatic rings. The number of nitrogens with one attached hydrogen (secondary N) is 2. The van der Waals surface area contributed by atoms with Crippen LogP contribution in [-0.4, -0.2) is 66.1 Å². The molecule has 3 amide bonds. The van der Waals surface area contributed by atoms with Gasteiger partial charge in [-0.05, 0) is 49.8 Å². The minimum atomic E-state index is -0.517. The van der Waals surface area contributed by atoms with Crippen molar-refractivity contribution in [3.63, 3.8) is 0 Å². The van der Waals surface area contributed by atoms with Gasteiger partial charge in [0.05, 0.1) is 7.11 Å². The average molecular weight is 372 g/mol. The van der Waals surface area contributed by atoms with Gasteiger partial charge in [-0.3, -0.25) is 9.69 Å². The highest BCUT2D eigenvalue weighted by molar-refractivity contribution is 6.04. The Labute approximate surface area is 159 Å². The first-order valence-electron chi connectivity index (χ1n) is 9.55. The summed E-state index contributed by atoms with van der Waals surface area (Å²) < 4.78 is 5.29. The van der Waals surface area contributed by atoms with Gasteiger partial charge in [-0.2, -0.15) is 0 Å². The number of H-pyrrole nitrogens is 1. The van der Waals surface area contributed by atoms with Gasteiger partial charge < -0.3 is 19.9 Å². The molecule has 0 saturated carbocycles. The molecular weight excluding hydrogens is 344 g/mol. The summed E-state index contributed by atoms with van der Waals surface area (Å²) in [4.78, 5) is 31.8. The molecule has 2 N–H and O–H groups in total. The molecule has 1 unspecified atom stereocenters. The third-order valence-electron chi connectivity index (χ3n) is 5.26. The number of carbonyl (C=O) groups is 2. The van der Waals surface area contributed by atoms with Gasteiger partial charge >= 0.3 is 6.03 Å². The van der Waals surface area contributed by atoms with E-state index in [0.29, 0.717) is 13.0 Å². The van der Waals surface area contributed by atoms with Crippen LogP contribution >= 0.6 is 0 Å². The molecule has 1 aliphatic rings. The Bertz CT molecular complexity index is 813. The number of fused-ring (bicyclic) bond motifs is 1. The van der Waals surface area contributed by atoms with Crippen molar-refractivity contribution in [2.24, 2.45) is 0 Å². The molecule has 7 nitrogen and oxygen atoms in total. The van der Waals surface area contributed by atoms with Crippen molar-refractivity contribution < 1.29 is 14.3 Å². The molecule has 0 spiro atoms. The van der Waals surface area contributed by atoms with Crippen LogP contribution in [0.3, 0.4) is 0 Å². The smallest absolute Gasteiger partial charge is 0.324 e. The number of imide groups is 1. The number of methoxy groups -OCH3 is 1. The molecule has 27 heavy (non-hydrogen) atoms. The highest BCUT2D eigenvalue weighted by Gasteiger charge is 2.37. The van der Waals surface area contributed by atoms with Crippen molar-refractivity contribution in [2.45, 2.75) is 32.7 Å². The van der Waals surface area contributed by atoms with E-state index in [4.69, 9.17) is 4.74 Å². The molecule has 0 radical (unpaired) electrons. The average Bonchev–Trinajstić information content (AvgIpc) is 3.20. The number of aromatic amines is 1. The summed E-state index contributed by atoms with van der Waals surface area (Å²) in [7, 11) is 1.63. The van der Waals surface area contributed by atoms with Crippen LogP contribution in [0.15, 0.2) is 24.4 Å². The van der Waals surface area contributed by atoms with Gasteiger partial charge in [-0.1, -0.05) is 13.8 Å². The van der Waals surface area contributed by atoms with Gasteiger partial charge in [0.2, 0.25) is 0 Å². The van der Waals surface area contributed by atoms with E-state index in [0.717, 1.165) is 48.3 Å². The van der Waals surface area contributed by atoms with Gasteiger partial charge in [0, 0.05) is 30.1 Å². The molecular formula is C20H28N4O3. The fourth-order valence-corrected chi connectivity index (χ4v) is 3.59. The van der Waals surface area contributed by atoms with Crippen molar-refractivity contribution in [1.29, 1.82) is 0 Å². The minimum Gasteiger partial charge on any atom is -0.497 e. The van der Waals surface area contributed by atoms with Crippen molar-refractivity contribution >= 4 is 22.8 Å². The van der Waals surface area contributed by atoms with E-state index in [-0.39, 0.29) is 11.9 Å². The van der Waals surface area contributed by atoms with Crippen LogP contribution < -0.4 is 10.1 Å². The first kappa shape index (κ1) is 19.2. The SMILES string of the molecule is CCN(CC)CCCN1C(=O)NC(Cc2c[nH]c3ccc(OC)cc23)C1=O. The Morgan fingerprint density at radius 3 is 2.70 bits per heavy atom. The molecule has 1 aliphatic heterocycles. The number of hydrogen-bond donors (Lipinski definition) is 2. The zero-order valence-electron chi connectivity index (χ0n) is 16.2. The summed E-state index contributed by atoms with van der Waals surface area (Å²) in [6, 6.07) is 4.98. The molecule has 0 aliphatic carbocycles. The molecule has 1 aromatic carbocycles. The first-order valence-corrected chi connectivity index (χ1v) is 9.55. The standard InChI is InChI=1S/C20H28N4O3/c1-4-23(5-2)9-6-10-24-19(25)18(22-20(24)26)11-14-13-21-17-8-7-15(27-3)12-16(14)17/h7-8,12-13,18,21H,4-6,9-11H2,1-3H3,(H,22,26). The molecule has 146 valence electrons. The van der Waals surface area contributed by atoms with E-state index >= 15 is 0 Å². The molecule has 2 heterocycles. The van der Waals surface area contributed by atoms with Gasteiger partial charge in [-0.25, -0.2) is 4.79 Å². The number of urea groups is 1. The predicted octanol–water partition coefficient (Wildman–Crippen LogP) is 2.37. The van der Waals surface area contributed by atoms with E-state index < -0.39 is 6.04 Å². The lowest BCUT2D eigenvalue weighted by Gasteiger charge is -2.19. The van der Waals surface area contributed by atoms with Crippen molar-refractivity contribution in [3.8, 4) is 5.75 Å². The van der Waals surface area contributed by atoms with Crippen LogP contribution in [0.1, 0.15) is 25.8 Å². The van der Waals surface area contributed by atoms with Crippen molar-refractivity contribution in [3.05, 3.63) is 30.0 Å². The van der Waals surface area contributed by atoms with E-state index in [1.165, 1.54) is 4.90 Å². The van der Waals surface area contributed by atoms with Crippen LogP contribution in [0.5, 0.6) is 5.75 Å². The molecule has 3 rings (SSSR count). The zero-order chi connectivity index (χ0) is 19.4. The van der Waals surface area contributed by atoms with Gasteiger partial charge in [0.15, 0.2) is 0 Å². The second-order valence-electron chi connectivity index (χ2n) is 6.80.